The Morgan fingerprint density at radius 1 is 0.879 bits per heavy atom. The van der Waals surface area contributed by atoms with Crippen LogP contribution in [0.15, 0.2) is 47.4 Å². The van der Waals surface area contributed by atoms with Gasteiger partial charge in [0, 0.05) is 5.56 Å². The van der Waals surface area contributed by atoms with E-state index in [0.717, 1.165) is 19.1 Å². The molecule has 1 atom stereocenters. The summed E-state index contributed by atoms with van der Waals surface area (Å²) in [5, 5.41) is 9.62. The molecule has 0 saturated carbocycles. The van der Waals surface area contributed by atoms with Gasteiger partial charge in [-0.15, -0.1) is 0 Å². The number of sulfonamides is 1. The number of alkyl halides is 9. The minimum absolute atomic E-state index is 0.135. The first-order chi connectivity index (χ1) is 14.7. The van der Waals surface area contributed by atoms with Gasteiger partial charge in [0.1, 0.15) is 0 Å². The number of hydrogen-bond donors (Lipinski definition) is 2. The van der Waals surface area contributed by atoms with Gasteiger partial charge in [-0.05, 0) is 43.2 Å². The second kappa shape index (κ2) is 8.38. The van der Waals surface area contributed by atoms with E-state index < -0.39 is 67.3 Å². The molecule has 0 heterocycles. The van der Waals surface area contributed by atoms with Crippen molar-refractivity contribution in [1.82, 2.24) is 0 Å². The van der Waals surface area contributed by atoms with E-state index in [9.17, 15) is 53.0 Å². The maximum atomic E-state index is 13.4. The molecule has 0 aliphatic heterocycles. The van der Waals surface area contributed by atoms with E-state index in [0.29, 0.717) is 6.92 Å². The molecular weight excluding hydrogens is 493 g/mol. The van der Waals surface area contributed by atoms with E-state index >= 15 is 0 Å². The monoisotopic (exact) mass is 509 g/mol. The van der Waals surface area contributed by atoms with E-state index in [2.05, 4.69) is 0 Å². The third-order valence-corrected chi connectivity index (χ3v) is 6.22. The van der Waals surface area contributed by atoms with Crippen LogP contribution in [0, 0.1) is 6.92 Å². The minimum Gasteiger partial charge on any atom is -0.369 e. The smallest absolute Gasteiger partial charge is 0.369 e. The lowest BCUT2D eigenvalue weighted by atomic mass is 9.86. The van der Waals surface area contributed by atoms with Crippen LogP contribution in [0.2, 0.25) is 0 Å². The number of aryl methyl sites for hydroxylation is 1. The van der Waals surface area contributed by atoms with Gasteiger partial charge in [-0.3, -0.25) is 4.72 Å². The highest BCUT2D eigenvalue weighted by Crippen LogP contribution is 2.52. The minimum atomic E-state index is -6.35. The Hall–Kier alpha value is -2.48. The van der Waals surface area contributed by atoms with Crippen molar-refractivity contribution in [1.29, 1.82) is 0 Å². The standard InChI is InChI=1S/C19H16F9NO3S/c1-10-8-12(16(30,18(23,24)25)19(26,27)28)9-14(11(2)17(20,21)22)15(10)29-33(31,32)13-6-4-3-5-7-13/h3-9,11,29-30H,1-2H3. The Balaban J connectivity index is 2.83. The molecule has 33 heavy (non-hydrogen) atoms. The molecule has 0 aromatic heterocycles. The quantitative estimate of drug-likeness (QED) is 0.503. The van der Waals surface area contributed by atoms with E-state index in [4.69, 9.17) is 0 Å². The van der Waals surface area contributed by atoms with Crippen LogP contribution in [0.25, 0.3) is 0 Å². The normalized spacial score (nSPS) is 14.8. The maximum Gasteiger partial charge on any atom is 0.430 e. The fourth-order valence-electron chi connectivity index (χ4n) is 2.96. The highest BCUT2D eigenvalue weighted by molar-refractivity contribution is 7.92. The van der Waals surface area contributed by atoms with Gasteiger partial charge < -0.3 is 5.11 Å². The summed E-state index contributed by atoms with van der Waals surface area (Å²) in [6, 6.07) is 6.15. The van der Waals surface area contributed by atoms with Gasteiger partial charge in [-0.2, -0.15) is 39.5 Å². The highest BCUT2D eigenvalue weighted by Gasteiger charge is 2.71. The SMILES string of the molecule is Cc1cc(C(O)(C(F)(F)F)C(F)(F)F)cc(C(C)C(F)(F)F)c1NS(=O)(=O)c1ccccc1. The van der Waals surface area contributed by atoms with Crippen molar-refractivity contribution >= 4 is 15.7 Å². The molecule has 0 aliphatic carbocycles. The summed E-state index contributed by atoms with van der Waals surface area (Å²) in [4.78, 5) is -0.416. The van der Waals surface area contributed by atoms with E-state index in [1.165, 1.54) is 18.2 Å². The highest BCUT2D eigenvalue weighted by atomic mass is 32.2. The summed E-state index contributed by atoms with van der Waals surface area (Å²) in [5.74, 6) is -2.70. The van der Waals surface area contributed by atoms with Crippen molar-refractivity contribution in [2.24, 2.45) is 0 Å². The zero-order chi connectivity index (χ0) is 25.6. The van der Waals surface area contributed by atoms with Gasteiger partial charge in [0.15, 0.2) is 0 Å². The lowest BCUT2D eigenvalue weighted by Crippen LogP contribution is -2.54. The number of rotatable bonds is 5. The van der Waals surface area contributed by atoms with Crippen molar-refractivity contribution in [3.63, 3.8) is 0 Å². The Kier molecular flexibility index (Phi) is 6.80. The van der Waals surface area contributed by atoms with Crippen LogP contribution in [0.5, 0.6) is 0 Å². The van der Waals surface area contributed by atoms with Gasteiger partial charge in [0.25, 0.3) is 15.6 Å². The molecular formula is C19H16F9NO3S. The summed E-state index contributed by atoms with van der Waals surface area (Å²) in [5.41, 5.74) is -10.2. The van der Waals surface area contributed by atoms with E-state index in [1.54, 1.807) is 0 Å². The number of benzene rings is 2. The van der Waals surface area contributed by atoms with Gasteiger partial charge in [0.2, 0.25) is 0 Å². The van der Waals surface area contributed by atoms with Crippen LogP contribution in [-0.2, 0) is 15.6 Å². The Labute approximate surface area is 182 Å². The molecule has 2 N–H and O–H groups in total. The predicted octanol–water partition coefficient (Wildman–Crippen LogP) is 5.77. The molecule has 2 aromatic rings. The molecule has 0 amide bonds. The molecule has 0 bridgehead atoms. The molecule has 0 fully saturated rings. The summed E-state index contributed by atoms with van der Waals surface area (Å²) >= 11 is 0. The molecule has 1 unspecified atom stereocenters. The second-order valence-corrected chi connectivity index (χ2v) is 8.83. The van der Waals surface area contributed by atoms with Crippen LogP contribution in [0.4, 0.5) is 45.2 Å². The maximum absolute atomic E-state index is 13.4. The van der Waals surface area contributed by atoms with Crippen molar-refractivity contribution in [3.8, 4) is 0 Å². The summed E-state index contributed by atoms with van der Waals surface area (Å²) < 4.78 is 147. The zero-order valence-corrected chi connectivity index (χ0v) is 17.5. The average Bonchev–Trinajstić information content (AvgIpc) is 2.66. The van der Waals surface area contributed by atoms with Crippen LogP contribution in [0.1, 0.15) is 29.5 Å². The molecule has 184 valence electrons. The van der Waals surface area contributed by atoms with E-state index in [1.807, 2.05) is 4.72 Å². The molecule has 2 aromatic carbocycles. The Bertz CT molecular complexity index is 1090. The number of anilines is 1. The molecule has 4 nitrogen and oxygen atoms in total. The van der Waals surface area contributed by atoms with Crippen molar-refractivity contribution in [3.05, 3.63) is 59.2 Å². The molecule has 14 heteroatoms. The van der Waals surface area contributed by atoms with Crippen molar-refractivity contribution in [2.75, 3.05) is 4.72 Å². The summed E-state index contributed by atoms with van der Waals surface area (Å²) in [6.07, 6.45) is -17.9. The first-order valence-corrected chi connectivity index (χ1v) is 10.4. The lowest BCUT2D eigenvalue weighted by Gasteiger charge is -2.34. The largest absolute Gasteiger partial charge is 0.430 e. The van der Waals surface area contributed by atoms with Gasteiger partial charge in [-0.1, -0.05) is 24.3 Å². The van der Waals surface area contributed by atoms with Crippen LogP contribution >= 0.6 is 0 Å². The van der Waals surface area contributed by atoms with Crippen molar-refractivity contribution in [2.45, 2.75) is 48.8 Å². The summed E-state index contributed by atoms with van der Waals surface area (Å²) in [7, 11) is -4.57. The molecule has 0 aliphatic rings. The number of hydrogen-bond acceptors (Lipinski definition) is 3. The Morgan fingerprint density at radius 3 is 1.79 bits per heavy atom. The molecule has 0 spiro atoms. The topological polar surface area (TPSA) is 66.4 Å². The van der Waals surface area contributed by atoms with Gasteiger partial charge >= 0.3 is 18.5 Å². The average molecular weight is 509 g/mol. The third-order valence-electron chi connectivity index (χ3n) is 4.85. The first-order valence-electron chi connectivity index (χ1n) is 8.89. The van der Waals surface area contributed by atoms with Crippen LogP contribution in [-0.4, -0.2) is 32.1 Å². The van der Waals surface area contributed by atoms with Crippen molar-refractivity contribution < 1.29 is 53.0 Å². The third kappa shape index (κ3) is 5.05. The molecule has 2 rings (SSSR count). The fourth-order valence-corrected chi connectivity index (χ4v) is 4.14. The second-order valence-electron chi connectivity index (χ2n) is 7.15. The number of nitrogens with one attached hydrogen (secondary N) is 1. The number of aliphatic hydroxyl groups is 1. The first kappa shape index (κ1) is 26.8. The molecule has 0 saturated heterocycles. The Morgan fingerprint density at radius 2 is 1.36 bits per heavy atom. The lowest BCUT2D eigenvalue weighted by molar-refractivity contribution is -0.376. The van der Waals surface area contributed by atoms with E-state index in [-0.39, 0.29) is 12.1 Å². The summed E-state index contributed by atoms with van der Waals surface area (Å²) in [6.45, 7) is 1.24. The van der Waals surface area contributed by atoms with Crippen LogP contribution in [0.3, 0.4) is 0 Å². The van der Waals surface area contributed by atoms with Gasteiger partial charge in [0.05, 0.1) is 16.5 Å². The molecule has 0 radical (unpaired) electrons. The van der Waals surface area contributed by atoms with Crippen LogP contribution < -0.4 is 4.72 Å². The number of halogens is 9. The predicted molar refractivity (Wildman–Crippen MR) is 98.9 cm³/mol. The zero-order valence-electron chi connectivity index (χ0n) is 16.7. The van der Waals surface area contributed by atoms with Gasteiger partial charge in [-0.25, -0.2) is 8.42 Å². The fraction of sp³-hybridized carbons (Fsp3) is 0.368.